The Balaban J connectivity index is 1.62. The van der Waals surface area contributed by atoms with E-state index in [1.54, 1.807) is 0 Å². The molecule has 2 aliphatic heterocycles. The van der Waals surface area contributed by atoms with Gasteiger partial charge in [0.25, 0.3) is 0 Å². The third-order valence-electron chi connectivity index (χ3n) is 4.76. The van der Waals surface area contributed by atoms with Crippen LogP contribution in [0.5, 0.6) is 0 Å². The van der Waals surface area contributed by atoms with Crippen LogP contribution < -0.4 is 5.32 Å². The van der Waals surface area contributed by atoms with Crippen LogP contribution in [0.2, 0.25) is 0 Å². The van der Waals surface area contributed by atoms with Gasteiger partial charge in [0.05, 0.1) is 0 Å². The van der Waals surface area contributed by atoms with Gasteiger partial charge >= 0.3 is 0 Å². The molecule has 1 aromatic rings. The number of piperidine rings is 1. The maximum Gasteiger partial charge on any atom is 0.134 e. The minimum absolute atomic E-state index is 0.611. The molecule has 2 fully saturated rings. The van der Waals surface area contributed by atoms with Gasteiger partial charge in [-0.05, 0) is 32.7 Å². The van der Waals surface area contributed by atoms with Crippen molar-refractivity contribution < 1.29 is 0 Å². The third-order valence-corrected chi connectivity index (χ3v) is 5.49. The topological polar surface area (TPSA) is 44.3 Å². The van der Waals surface area contributed by atoms with Gasteiger partial charge in [0.1, 0.15) is 10.7 Å². The van der Waals surface area contributed by atoms with Crippen molar-refractivity contribution in [3.63, 3.8) is 0 Å². The molecule has 1 aromatic heterocycles. The SMILES string of the molecule is CCCNc1snnc1CN1CC2CCCCN2CC1C. The first-order chi connectivity index (χ1) is 10.3. The number of hydrogen-bond acceptors (Lipinski definition) is 6. The summed E-state index contributed by atoms with van der Waals surface area (Å²) < 4.78 is 4.14. The van der Waals surface area contributed by atoms with Crippen molar-refractivity contribution in [1.82, 2.24) is 19.4 Å². The van der Waals surface area contributed by atoms with Crippen LogP contribution in [0.25, 0.3) is 0 Å². The zero-order chi connectivity index (χ0) is 14.7. The average Bonchev–Trinajstić information content (AvgIpc) is 2.93. The van der Waals surface area contributed by atoms with Crippen molar-refractivity contribution in [3.8, 4) is 0 Å². The van der Waals surface area contributed by atoms with Crippen molar-refractivity contribution >= 4 is 16.5 Å². The number of nitrogens with one attached hydrogen (secondary N) is 1. The smallest absolute Gasteiger partial charge is 0.134 e. The third kappa shape index (κ3) is 3.55. The lowest BCUT2D eigenvalue weighted by Gasteiger charge is -2.47. The number of aromatic nitrogens is 2. The minimum Gasteiger partial charge on any atom is -0.374 e. The van der Waals surface area contributed by atoms with Gasteiger partial charge in [-0.25, -0.2) is 0 Å². The van der Waals surface area contributed by atoms with Crippen LogP contribution in [0, 0.1) is 0 Å². The molecule has 2 saturated heterocycles. The van der Waals surface area contributed by atoms with Gasteiger partial charge in [0, 0.05) is 49.8 Å². The molecule has 3 heterocycles. The van der Waals surface area contributed by atoms with E-state index in [-0.39, 0.29) is 0 Å². The van der Waals surface area contributed by atoms with E-state index in [9.17, 15) is 0 Å². The van der Waals surface area contributed by atoms with Crippen molar-refractivity contribution in [2.45, 2.75) is 58.2 Å². The molecule has 0 radical (unpaired) electrons. The second-order valence-corrected chi connectivity index (χ2v) is 7.15. The zero-order valence-electron chi connectivity index (χ0n) is 13.2. The lowest BCUT2D eigenvalue weighted by Crippen LogP contribution is -2.58. The Morgan fingerprint density at radius 3 is 3.10 bits per heavy atom. The number of nitrogens with zero attached hydrogens (tertiary/aromatic N) is 4. The molecule has 0 spiro atoms. The van der Waals surface area contributed by atoms with E-state index >= 15 is 0 Å². The standard InChI is InChI=1S/C15H27N5S/c1-3-7-16-15-14(17-18-21-15)11-20-10-13-6-4-5-8-19(13)9-12(20)2/h12-13,16H,3-11H2,1-2H3. The quantitative estimate of drug-likeness (QED) is 0.905. The highest BCUT2D eigenvalue weighted by Crippen LogP contribution is 2.27. The van der Waals surface area contributed by atoms with Crippen LogP contribution in [-0.4, -0.2) is 57.6 Å². The molecule has 6 heteroatoms. The van der Waals surface area contributed by atoms with E-state index in [1.165, 1.54) is 50.4 Å². The monoisotopic (exact) mass is 309 g/mol. The van der Waals surface area contributed by atoms with Crippen LogP contribution >= 0.6 is 11.5 Å². The summed E-state index contributed by atoms with van der Waals surface area (Å²) in [7, 11) is 0. The van der Waals surface area contributed by atoms with Crippen molar-refractivity contribution in [1.29, 1.82) is 0 Å². The van der Waals surface area contributed by atoms with Crippen molar-refractivity contribution in [2.75, 3.05) is 31.5 Å². The van der Waals surface area contributed by atoms with Gasteiger partial charge in [-0.1, -0.05) is 17.8 Å². The first-order valence-corrected chi connectivity index (χ1v) is 9.08. The van der Waals surface area contributed by atoms with E-state index in [1.807, 2.05) is 0 Å². The summed E-state index contributed by atoms with van der Waals surface area (Å²) in [5.41, 5.74) is 1.13. The van der Waals surface area contributed by atoms with Crippen LogP contribution in [0.1, 0.15) is 45.2 Å². The largest absolute Gasteiger partial charge is 0.374 e. The van der Waals surface area contributed by atoms with Crippen LogP contribution in [-0.2, 0) is 6.54 Å². The van der Waals surface area contributed by atoms with Gasteiger partial charge in [-0.2, -0.15) is 0 Å². The Bertz CT molecular complexity index is 449. The molecule has 3 rings (SSSR count). The first kappa shape index (κ1) is 15.2. The molecule has 0 amide bonds. The van der Waals surface area contributed by atoms with Crippen molar-refractivity contribution in [3.05, 3.63) is 5.69 Å². The average molecular weight is 309 g/mol. The fourth-order valence-electron chi connectivity index (χ4n) is 3.51. The van der Waals surface area contributed by atoms with Crippen LogP contribution in [0.4, 0.5) is 5.00 Å². The van der Waals surface area contributed by atoms with Gasteiger partial charge in [-0.15, -0.1) is 5.10 Å². The zero-order valence-corrected chi connectivity index (χ0v) is 14.0. The highest BCUT2D eigenvalue weighted by molar-refractivity contribution is 7.10. The summed E-state index contributed by atoms with van der Waals surface area (Å²) >= 11 is 1.49. The highest BCUT2D eigenvalue weighted by Gasteiger charge is 2.33. The molecule has 2 atom stereocenters. The number of anilines is 1. The predicted molar refractivity (Wildman–Crippen MR) is 87.8 cm³/mol. The number of hydrogen-bond donors (Lipinski definition) is 1. The van der Waals surface area contributed by atoms with E-state index in [4.69, 9.17) is 0 Å². The summed E-state index contributed by atoms with van der Waals surface area (Å²) in [5, 5.41) is 8.97. The summed E-state index contributed by atoms with van der Waals surface area (Å²) in [6, 6.07) is 1.37. The summed E-state index contributed by atoms with van der Waals surface area (Å²) in [6.45, 7) is 10.2. The molecule has 1 N–H and O–H groups in total. The van der Waals surface area contributed by atoms with Crippen LogP contribution in [0.15, 0.2) is 0 Å². The Kier molecular flexibility index (Phi) is 5.08. The first-order valence-electron chi connectivity index (χ1n) is 8.31. The molecule has 0 bridgehead atoms. The minimum atomic E-state index is 0.611. The molecule has 0 saturated carbocycles. The molecule has 2 unspecified atom stereocenters. The van der Waals surface area contributed by atoms with Crippen LogP contribution in [0.3, 0.4) is 0 Å². The fourth-order valence-corrected chi connectivity index (χ4v) is 4.11. The summed E-state index contributed by atoms with van der Waals surface area (Å²) in [6.07, 6.45) is 5.27. The second kappa shape index (κ2) is 7.03. The second-order valence-electron chi connectivity index (χ2n) is 6.40. The molecule has 5 nitrogen and oxygen atoms in total. The van der Waals surface area contributed by atoms with Gasteiger partial charge in [0.15, 0.2) is 0 Å². The predicted octanol–water partition coefficient (Wildman–Crippen LogP) is 2.42. The Morgan fingerprint density at radius 1 is 1.33 bits per heavy atom. The number of rotatable bonds is 5. The molecule has 0 aliphatic carbocycles. The number of piperazine rings is 1. The normalized spacial score (nSPS) is 27.5. The molecule has 21 heavy (non-hydrogen) atoms. The summed E-state index contributed by atoms with van der Waals surface area (Å²) in [4.78, 5) is 5.29. The maximum atomic E-state index is 4.35. The fraction of sp³-hybridized carbons (Fsp3) is 0.867. The molecule has 118 valence electrons. The van der Waals surface area contributed by atoms with E-state index in [0.717, 1.165) is 36.2 Å². The Morgan fingerprint density at radius 2 is 2.24 bits per heavy atom. The summed E-state index contributed by atoms with van der Waals surface area (Å²) in [5.74, 6) is 0. The lowest BCUT2D eigenvalue weighted by molar-refractivity contribution is 0.0106. The Hall–Kier alpha value is -0.720. The molecular formula is C15H27N5S. The van der Waals surface area contributed by atoms with Gasteiger partial charge in [-0.3, -0.25) is 9.80 Å². The molecule has 2 aliphatic rings. The van der Waals surface area contributed by atoms with E-state index < -0.39 is 0 Å². The molecular weight excluding hydrogens is 282 g/mol. The Labute approximate surface area is 131 Å². The number of fused-ring (bicyclic) bond motifs is 1. The molecule has 0 aromatic carbocycles. The maximum absolute atomic E-state index is 4.35. The van der Waals surface area contributed by atoms with Crippen molar-refractivity contribution in [2.24, 2.45) is 0 Å². The highest BCUT2D eigenvalue weighted by atomic mass is 32.1. The van der Waals surface area contributed by atoms with E-state index in [0.29, 0.717) is 6.04 Å². The van der Waals surface area contributed by atoms with Gasteiger partial charge in [0.2, 0.25) is 0 Å². The lowest BCUT2D eigenvalue weighted by atomic mass is 9.97. The van der Waals surface area contributed by atoms with Gasteiger partial charge < -0.3 is 5.32 Å². The van der Waals surface area contributed by atoms with E-state index in [2.05, 4.69) is 38.6 Å².